The van der Waals surface area contributed by atoms with Gasteiger partial charge in [0.2, 0.25) is 5.91 Å². The fourth-order valence-electron chi connectivity index (χ4n) is 1.37. The number of nitrogens with one attached hydrogen (secondary N) is 2. The van der Waals surface area contributed by atoms with Crippen molar-refractivity contribution in [1.82, 2.24) is 10.6 Å². The van der Waals surface area contributed by atoms with Crippen LogP contribution in [0.4, 0.5) is 8.78 Å². The average molecular weight is 242 g/mol. The molecule has 0 aliphatic carbocycles. The van der Waals surface area contributed by atoms with Crippen molar-refractivity contribution in [2.45, 2.75) is 12.8 Å². The van der Waals surface area contributed by atoms with E-state index < -0.39 is 11.6 Å². The normalized spacial score (nSPS) is 10.3. The summed E-state index contributed by atoms with van der Waals surface area (Å²) >= 11 is 0. The summed E-state index contributed by atoms with van der Waals surface area (Å²) in [5.74, 6) is -1.77. The number of rotatable bonds is 6. The van der Waals surface area contributed by atoms with Gasteiger partial charge in [-0.3, -0.25) is 4.79 Å². The third kappa shape index (κ3) is 4.91. The van der Waals surface area contributed by atoms with Crippen LogP contribution in [-0.4, -0.2) is 26.0 Å². The van der Waals surface area contributed by atoms with Crippen LogP contribution < -0.4 is 10.6 Å². The molecule has 5 heteroatoms. The molecule has 0 fully saturated rings. The SMILES string of the molecule is CNCCC(=O)NCCc1ccc(F)c(F)c1. The third-order valence-corrected chi connectivity index (χ3v) is 2.32. The highest BCUT2D eigenvalue weighted by atomic mass is 19.2. The van der Waals surface area contributed by atoms with Crippen LogP contribution in [-0.2, 0) is 11.2 Å². The fraction of sp³-hybridized carbons (Fsp3) is 0.417. The first-order valence-electron chi connectivity index (χ1n) is 5.48. The minimum absolute atomic E-state index is 0.0538. The molecule has 0 radical (unpaired) electrons. The highest BCUT2D eigenvalue weighted by Crippen LogP contribution is 2.08. The summed E-state index contributed by atoms with van der Waals surface area (Å²) in [6.07, 6.45) is 0.900. The van der Waals surface area contributed by atoms with Crippen LogP contribution in [0.15, 0.2) is 18.2 Å². The van der Waals surface area contributed by atoms with E-state index in [1.165, 1.54) is 6.07 Å². The molecule has 0 atom stereocenters. The van der Waals surface area contributed by atoms with E-state index in [4.69, 9.17) is 0 Å². The molecule has 2 N–H and O–H groups in total. The second kappa shape index (κ2) is 6.96. The van der Waals surface area contributed by atoms with Crippen LogP contribution in [0.3, 0.4) is 0 Å². The molecule has 1 aromatic rings. The zero-order valence-corrected chi connectivity index (χ0v) is 9.72. The zero-order chi connectivity index (χ0) is 12.7. The van der Waals surface area contributed by atoms with Gasteiger partial charge in [-0.1, -0.05) is 6.07 Å². The molecule has 0 aliphatic rings. The molecule has 0 unspecified atom stereocenters. The van der Waals surface area contributed by atoms with Gasteiger partial charge in [0.25, 0.3) is 0 Å². The Morgan fingerprint density at radius 2 is 2.00 bits per heavy atom. The Balaban J connectivity index is 2.30. The van der Waals surface area contributed by atoms with E-state index in [-0.39, 0.29) is 5.91 Å². The molecule has 0 bridgehead atoms. The lowest BCUT2D eigenvalue weighted by molar-refractivity contribution is -0.120. The van der Waals surface area contributed by atoms with Gasteiger partial charge in [-0.05, 0) is 31.2 Å². The second-order valence-corrected chi connectivity index (χ2v) is 3.70. The molecule has 0 aromatic heterocycles. The molecule has 3 nitrogen and oxygen atoms in total. The molecule has 94 valence electrons. The van der Waals surface area contributed by atoms with Gasteiger partial charge >= 0.3 is 0 Å². The topological polar surface area (TPSA) is 41.1 Å². The van der Waals surface area contributed by atoms with Crippen LogP contribution in [0.1, 0.15) is 12.0 Å². The number of carbonyl (C=O) groups is 1. The molecule has 0 aliphatic heterocycles. The maximum Gasteiger partial charge on any atom is 0.221 e. The Labute approximate surface area is 99.2 Å². The van der Waals surface area contributed by atoms with Crippen molar-refractivity contribution in [3.05, 3.63) is 35.4 Å². The summed E-state index contributed by atoms with van der Waals surface area (Å²) in [5.41, 5.74) is 0.665. The molecule has 17 heavy (non-hydrogen) atoms. The van der Waals surface area contributed by atoms with Gasteiger partial charge in [0.1, 0.15) is 0 Å². The molecule has 1 rings (SSSR count). The number of hydrogen-bond donors (Lipinski definition) is 2. The van der Waals surface area contributed by atoms with Crippen molar-refractivity contribution < 1.29 is 13.6 Å². The predicted molar refractivity (Wildman–Crippen MR) is 61.6 cm³/mol. The lowest BCUT2D eigenvalue weighted by Gasteiger charge is -2.05. The van der Waals surface area contributed by atoms with E-state index >= 15 is 0 Å². The van der Waals surface area contributed by atoms with Crippen LogP contribution in [0, 0.1) is 11.6 Å². The van der Waals surface area contributed by atoms with E-state index in [0.717, 1.165) is 12.1 Å². The Hall–Kier alpha value is -1.49. The Kier molecular flexibility index (Phi) is 5.56. The average Bonchev–Trinajstić information content (AvgIpc) is 2.31. The van der Waals surface area contributed by atoms with Crippen LogP contribution in [0.5, 0.6) is 0 Å². The first kappa shape index (κ1) is 13.6. The molecule has 0 saturated carbocycles. The molecule has 1 amide bonds. The van der Waals surface area contributed by atoms with Crippen molar-refractivity contribution in [2.24, 2.45) is 0 Å². The molecular weight excluding hydrogens is 226 g/mol. The van der Waals surface area contributed by atoms with E-state index in [9.17, 15) is 13.6 Å². The standard InChI is InChI=1S/C12H16F2N2O/c1-15-6-5-12(17)16-7-4-9-2-3-10(13)11(14)8-9/h2-3,8,15H,4-7H2,1H3,(H,16,17). The van der Waals surface area contributed by atoms with Crippen molar-refractivity contribution >= 4 is 5.91 Å². The number of benzene rings is 1. The summed E-state index contributed by atoms with van der Waals surface area (Å²) in [5, 5.41) is 5.57. The third-order valence-electron chi connectivity index (χ3n) is 2.32. The molecular formula is C12H16F2N2O. The fourth-order valence-corrected chi connectivity index (χ4v) is 1.37. The van der Waals surface area contributed by atoms with Crippen LogP contribution in [0.2, 0.25) is 0 Å². The number of carbonyl (C=O) groups excluding carboxylic acids is 1. The van der Waals surface area contributed by atoms with Gasteiger partial charge in [0, 0.05) is 19.5 Å². The second-order valence-electron chi connectivity index (χ2n) is 3.70. The minimum Gasteiger partial charge on any atom is -0.356 e. The highest BCUT2D eigenvalue weighted by molar-refractivity contribution is 5.76. The quantitative estimate of drug-likeness (QED) is 0.788. The monoisotopic (exact) mass is 242 g/mol. The van der Waals surface area contributed by atoms with E-state index in [2.05, 4.69) is 10.6 Å². The summed E-state index contributed by atoms with van der Waals surface area (Å²) in [6, 6.07) is 3.75. The summed E-state index contributed by atoms with van der Waals surface area (Å²) in [6.45, 7) is 1.05. The van der Waals surface area contributed by atoms with Gasteiger partial charge in [-0.2, -0.15) is 0 Å². The summed E-state index contributed by atoms with van der Waals surface area (Å²) in [7, 11) is 1.77. The largest absolute Gasteiger partial charge is 0.356 e. The number of hydrogen-bond acceptors (Lipinski definition) is 2. The molecule has 1 aromatic carbocycles. The Morgan fingerprint density at radius 3 is 2.65 bits per heavy atom. The van der Waals surface area contributed by atoms with Crippen molar-refractivity contribution in [2.75, 3.05) is 20.1 Å². The van der Waals surface area contributed by atoms with Gasteiger partial charge < -0.3 is 10.6 Å². The number of halogens is 2. The lowest BCUT2D eigenvalue weighted by atomic mass is 10.1. The molecule has 0 saturated heterocycles. The minimum atomic E-state index is -0.857. The van der Waals surface area contributed by atoms with Crippen molar-refractivity contribution in [3.63, 3.8) is 0 Å². The highest BCUT2D eigenvalue weighted by Gasteiger charge is 2.03. The van der Waals surface area contributed by atoms with Crippen molar-refractivity contribution in [3.8, 4) is 0 Å². The first-order valence-corrected chi connectivity index (χ1v) is 5.48. The van der Waals surface area contributed by atoms with Crippen LogP contribution >= 0.6 is 0 Å². The maximum atomic E-state index is 12.9. The summed E-state index contributed by atoms with van der Waals surface area (Å²) < 4.78 is 25.5. The maximum absolute atomic E-state index is 12.9. The van der Waals surface area contributed by atoms with Gasteiger partial charge in [-0.15, -0.1) is 0 Å². The predicted octanol–water partition coefficient (Wildman–Crippen LogP) is 1.23. The molecule has 0 spiro atoms. The van der Waals surface area contributed by atoms with Crippen molar-refractivity contribution in [1.29, 1.82) is 0 Å². The van der Waals surface area contributed by atoms with E-state index in [1.54, 1.807) is 7.05 Å². The van der Waals surface area contributed by atoms with Crippen LogP contribution in [0.25, 0.3) is 0 Å². The van der Waals surface area contributed by atoms with Gasteiger partial charge in [-0.25, -0.2) is 8.78 Å². The molecule has 0 heterocycles. The van der Waals surface area contributed by atoms with E-state index in [1.807, 2.05) is 0 Å². The number of amides is 1. The smallest absolute Gasteiger partial charge is 0.221 e. The van der Waals surface area contributed by atoms with Gasteiger partial charge in [0.15, 0.2) is 11.6 Å². The lowest BCUT2D eigenvalue weighted by Crippen LogP contribution is -2.28. The van der Waals surface area contributed by atoms with E-state index in [0.29, 0.717) is 31.5 Å². The Morgan fingerprint density at radius 1 is 1.24 bits per heavy atom. The zero-order valence-electron chi connectivity index (χ0n) is 9.72. The van der Waals surface area contributed by atoms with Gasteiger partial charge in [0.05, 0.1) is 0 Å². The summed E-state index contributed by atoms with van der Waals surface area (Å²) in [4.78, 5) is 11.2. The first-order chi connectivity index (χ1) is 8.13. The Bertz CT molecular complexity index is 383.